The van der Waals surface area contributed by atoms with E-state index in [1.165, 1.54) is 11.8 Å². The second-order valence-corrected chi connectivity index (χ2v) is 9.42. The molecule has 1 N–H and O–H groups in total. The molecular weight excluding hydrogens is 467 g/mol. The molecule has 32 heavy (non-hydrogen) atoms. The van der Waals surface area contributed by atoms with Crippen molar-refractivity contribution in [1.29, 1.82) is 0 Å². The monoisotopic (exact) mass is 496 g/mol. The summed E-state index contributed by atoms with van der Waals surface area (Å²) < 4.78 is 5.30. The number of thioether (sulfide) groups is 1. The van der Waals surface area contributed by atoms with E-state index in [0.29, 0.717) is 28.1 Å². The molecule has 0 aliphatic carbocycles. The van der Waals surface area contributed by atoms with Crippen molar-refractivity contribution >= 4 is 46.8 Å². The van der Waals surface area contributed by atoms with E-state index in [9.17, 15) is 9.59 Å². The van der Waals surface area contributed by atoms with Crippen LogP contribution in [0.1, 0.15) is 38.3 Å². The minimum Gasteiger partial charge on any atom is -0.497 e. The van der Waals surface area contributed by atoms with Gasteiger partial charge < -0.3 is 15.0 Å². The average molecular weight is 497 g/mol. The maximum atomic E-state index is 13.2. The van der Waals surface area contributed by atoms with Gasteiger partial charge in [-0.2, -0.15) is 0 Å². The van der Waals surface area contributed by atoms with Gasteiger partial charge in [0.25, 0.3) is 0 Å². The van der Waals surface area contributed by atoms with Gasteiger partial charge in [-0.05, 0) is 55.7 Å². The smallest absolute Gasteiger partial charge is 0.242 e. The van der Waals surface area contributed by atoms with Crippen LogP contribution >= 0.6 is 35.0 Å². The SMILES string of the molecule is CC[C@H](C)NC(=O)[C@H](C)N(Cc1cccc(OC)c1)C(=O)CSCc1ccc(Cl)cc1Cl. The third kappa shape index (κ3) is 7.91. The number of hydrogen-bond donors (Lipinski definition) is 1. The van der Waals surface area contributed by atoms with Crippen LogP contribution in [0, 0.1) is 0 Å². The Labute approximate surface area is 204 Å². The van der Waals surface area contributed by atoms with Crippen LogP contribution in [0.5, 0.6) is 5.75 Å². The molecule has 0 aromatic heterocycles. The van der Waals surface area contributed by atoms with Crippen LogP contribution in [-0.4, -0.2) is 41.7 Å². The fourth-order valence-corrected chi connectivity index (χ4v) is 4.45. The van der Waals surface area contributed by atoms with E-state index in [-0.39, 0.29) is 23.6 Å². The first-order chi connectivity index (χ1) is 15.2. The van der Waals surface area contributed by atoms with Crippen molar-refractivity contribution in [2.75, 3.05) is 12.9 Å². The van der Waals surface area contributed by atoms with E-state index in [1.54, 1.807) is 31.1 Å². The molecule has 0 unspecified atom stereocenters. The van der Waals surface area contributed by atoms with Gasteiger partial charge >= 0.3 is 0 Å². The van der Waals surface area contributed by atoms with Crippen molar-refractivity contribution in [2.24, 2.45) is 0 Å². The van der Waals surface area contributed by atoms with Crippen LogP contribution < -0.4 is 10.1 Å². The summed E-state index contributed by atoms with van der Waals surface area (Å²) in [6, 6.07) is 12.3. The summed E-state index contributed by atoms with van der Waals surface area (Å²) in [6.45, 7) is 6.03. The molecule has 5 nitrogen and oxygen atoms in total. The first-order valence-electron chi connectivity index (χ1n) is 10.5. The zero-order chi connectivity index (χ0) is 23.7. The lowest BCUT2D eigenvalue weighted by Gasteiger charge is -2.29. The van der Waals surface area contributed by atoms with E-state index >= 15 is 0 Å². The summed E-state index contributed by atoms with van der Waals surface area (Å²) in [5.41, 5.74) is 1.81. The molecule has 0 spiro atoms. The number of ether oxygens (including phenoxy) is 1. The van der Waals surface area contributed by atoms with Gasteiger partial charge in [-0.15, -0.1) is 11.8 Å². The molecule has 0 aliphatic rings. The zero-order valence-corrected chi connectivity index (χ0v) is 21.2. The van der Waals surface area contributed by atoms with Crippen molar-refractivity contribution in [1.82, 2.24) is 10.2 Å². The fourth-order valence-electron chi connectivity index (χ4n) is 2.99. The number of amides is 2. The lowest BCUT2D eigenvalue weighted by Crippen LogP contribution is -2.50. The number of carbonyl (C=O) groups is 2. The Hall–Kier alpha value is -1.89. The Morgan fingerprint density at radius 2 is 1.91 bits per heavy atom. The highest BCUT2D eigenvalue weighted by molar-refractivity contribution is 7.99. The molecule has 0 aliphatic heterocycles. The number of carbonyl (C=O) groups excluding carboxylic acids is 2. The number of nitrogens with one attached hydrogen (secondary N) is 1. The van der Waals surface area contributed by atoms with Gasteiger partial charge in [0.1, 0.15) is 11.8 Å². The summed E-state index contributed by atoms with van der Waals surface area (Å²) in [5.74, 6) is 1.22. The summed E-state index contributed by atoms with van der Waals surface area (Å²) in [6.07, 6.45) is 0.819. The number of benzene rings is 2. The Kier molecular flexibility index (Phi) is 10.7. The van der Waals surface area contributed by atoms with E-state index in [1.807, 2.05) is 44.2 Å². The lowest BCUT2D eigenvalue weighted by atomic mass is 10.1. The van der Waals surface area contributed by atoms with E-state index in [4.69, 9.17) is 27.9 Å². The molecule has 2 aromatic carbocycles. The molecule has 2 atom stereocenters. The maximum Gasteiger partial charge on any atom is 0.242 e. The van der Waals surface area contributed by atoms with Gasteiger partial charge in [-0.3, -0.25) is 9.59 Å². The Balaban J connectivity index is 2.12. The number of hydrogen-bond acceptors (Lipinski definition) is 4. The largest absolute Gasteiger partial charge is 0.497 e. The second-order valence-electron chi connectivity index (χ2n) is 7.60. The van der Waals surface area contributed by atoms with Crippen LogP contribution in [0.25, 0.3) is 0 Å². The zero-order valence-electron chi connectivity index (χ0n) is 18.9. The minimum absolute atomic E-state index is 0.0418. The molecule has 174 valence electrons. The van der Waals surface area contributed by atoms with Crippen LogP contribution in [-0.2, 0) is 21.9 Å². The molecule has 0 bridgehead atoms. The molecular formula is C24H30Cl2N2O3S. The van der Waals surface area contributed by atoms with Gasteiger partial charge in [0.15, 0.2) is 0 Å². The standard InChI is InChI=1S/C24H30Cl2N2O3S/c1-5-16(2)27-24(30)17(3)28(13-18-7-6-8-21(11-18)31-4)23(29)15-32-14-19-9-10-20(25)12-22(19)26/h6-12,16-17H,5,13-15H2,1-4H3,(H,27,30)/t16-,17-/m0/s1. The quantitative estimate of drug-likeness (QED) is 0.441. The maximum absolute atomic E-state index is 13.2. The van der Waals surface area contributed by atoms with Gasteiger partial charge in [0.05, 0.1) is 12.9 Å². The lowest BCUT2D eigenvalue weighted by molar-refractivity contribution is -0.138. The van der Waals surface area contributed by atoms with E-state index < -0.39 is 6.04 Å². The molecule has 0 radical (unpaired) electrons. The molecule has 2 rings (SSSR count). The number of methoxy groups -OCH3 is 1. The third-order valence-electron chi connectivity index (χ3n) is 5.15. The van der Waals surface area contributed by atoms with Crippen LogP contribution in [0.15, 0.2) is 42.5 Å². The molecule has 0 heterocycles. The van der Waals surface area contributed by atoms with Crippen molar-refractivity contribution in [3.05, 3.63) is 63.6 Å². The van der Waals surface area contributed by atoms with Crippen LogP contribution in [0.2, 0.25) is 10.0 Å². The van der Waals surface area contributed by atoms with Gasteiger partial charge in [0, 0.05) is 28.4 Å². The normalized spacial score (nSPS) is 12.7. The summed E-state index contributed by atoms with van der Waals surface area (Å²) in [5, 5.41) is 4.12. The molecule has 2 aromatic rings. The molecule has 0 saturated heterocycles. The highest BCUT2D eigenvalue weighted by atomic mass is 35.5. The number of rotatable bonds is 11. The first-order valence-corrected chi connectivity index (χ1v) is 12.4. The molecule has 2 amide bonds. The van der Waals surface area contributed by atoms with E-state index in [0.717, 1.165) is 17.5 Å². The van der Waals surface area contributed by atoms with Crippen molar-refractivity contribution < 1.29 is 14.3 Å². The van der Waals surface area contributed by atoms with E-state index in [2.05, 4.69) is 5.32 Å². The second kappa shape index (κ2) is 13.0. The number of halogens is 2. The molecule has 0 fully saturated rings. The summed E-state index contributed by atoms with van der Waals surface area (Å²) in [4.78, 5) is 27.6. The topological polar surface area (TPSA) is 58.6 Å². The van der Waals surface area contributed by atoms with Crippen molar-refractivity contribution in [3.63, 3.8) is 0 Å². The predicted octanol–water partition coefficient (Wildman–Crippen LogP) is 5.57. The minimum atomic E-state index is -0.609. The predicted molar refractivity (Wildman–Crippen MR) is 134 cm³/mol. The Morgan fingerprint density at radius 1 is 1.16 bits per heavy atom. The van der Waals surface area contributed by atoms with Crippen LogP contribution in [0.3, 0.4) is 0 Å². The van der Waals surface area contributed by atoms with Gasteiger partial charge in [-0.1, -0.05) is 48.3 Å². The van der Waals surface area contributed by atoms with Crippen LogP contribution in [0.4, 0.5) is 0 Å². The summed E-state index contributed by atoms with van der Waals surface area (Å²) in [7, 11) is 1.60. The molecule has 0 saturated carbocycles. The highest BCUT2D eigenvalue weighted by Crippen LogP contribution is 2.25. The first kappa shape index (κ1) is 26.4. The summed E-state index contributed by atoms with van der Waals surface area (Å²) >= 11 is 13.6. The van der Waals surface area contributed by atoms with Gasteiger partial charge in [-0.25, -0.2) is 0 Å². The Bertz CT molecular complexity index is 926. The Morgan fingerprint density at radius 3 is 2.56 bits per heavy atom. The average Bonchev–Trinajstić information content (AvgIpc) is 2.78. The number of nitrogens with zero attached hydrogens (tertiary/aromatic N) is 1. The highest BCUT2D eigenvalue weighted by Gasteiger charge is 2.26. The fraction of sp³-hybridized carbons (Fsp3) is 0.417. The molecule has 8 heteroatoms. The van der Waals surface area contributed by atoms with Crippen molar-refractivity contribution in [3.8, 4) is 5.75 Å². The van der Waals surface area contributed by atoms with Crippen molar-refractivity contribution in [2.45, 2.75) is 51.6 Å². The van der Waals surface area contributed by atoms with Gasteiger partial charge in [0.2, 0.25) is 11.8 Å². The third-order valence-corrected chi connectivity index (χ3v) is 6.71.